The molecule has 3 aromatic rings. The third kappa shape index (κ3) is 4.24. The minimum Gasteiger partial charge on any atom is -0.507 e. The number of hydrazone groups is 1. The second-order valence-corrected chi connectivity index (χ2v) is 7.88. The number of benzene rings is 2. The van der Waals surface area contributed by atoms with E-state index in [-0.39, 0.29) is 11.3 Å². The van der Waals surface area contributed by atoms with Gasteiger partial charge in [0, 0.05) is 26.4 Å². The highest BCUT2D eigenvalue weighted by Crippen LogP contribution is 2.28. The first-order valence-electron chi connectivity index (χ1n) is 8.24. The molecule has 0 saturated heterocycles. The van der Waals surface area contributed by atoms with Crippen LogP contribution in [0.5, 0.6) is 5.75 Å². The number of phenols is 1. The summed E-state index contributed by atoms with van der Waals surface area (Å²) in [5.74, 6) is -0.629. The Morgan fingerprint density at radius 3 is 2.64 bits per heavy atom. The van der Waals surface area contributed by atoms with Crippen LogP contribution >= 0.6 is 39.1 Å². The molecule has 0 aliphatic carbocycles. The van der Waals surface area contributed by atoms with Gasteiger partial charge in [-0.2, -0.15) is 5.10 Å². The standard InChI is InChI=1S/C20H16BrCl2N3O2/c1-11-7-13(12(2)26(11)18-5-4-15(22)9-17(18)23)10-24-25-20(28)16-8-14(21)3-6-19(16)27/h3-10,27H,1-2H3,(H,25,28)/b24-10+. The summed E-state index contributed by atoms with van der Waals surface area (Å²) in [6.07, 6.45) is 1.55. The number of aromatic nitrogens is 1. The Balaban J connectivity index is 1.84. The average molecular weight is 481 g/mol. The highest BCUT2D eigenvalue weighted by molar-refractivity contribution is 9.10. The van der Waals surface area contributed by atoms with Crippen molar-refractivity contribution < 1.29 is 9.90 Å². The number of phenolic OH excluding ortho intramolecular Hbond substituents is 1. The molecule has 0 bridgehead atoms. The number of nitrogens with zero attached hydrogens (tertiary/aromatic N) is 2. The molecule has 0 radical (unpaired) electrons. The van der Waals surface area contributed by atoms with Gasteiger partial charge in [-0.1, -0.05) is 39.1 Å². The van der Waals surface area contributed by atoms with Crippen molar-refractivity contribution in [3.8, 4) is 11.4 Å². The van der Waals surface area contributed by atoms with Crippen molar-refractivity contribution in [3.63, 3.8) is 0 Å². The number of nitrogens with one attached hydrogen (secondary N) is 1. The molecule has 2 N–H and O–H groups in total. The van der Waals surface area contributed by atoms with Crippen LogP contribution in [0.2, 0.25) is 10.0 Å². The maximum absolute atomic E-state index is 12.2. The summed E-state index contributed by atoms with van der Waals surface area (Å²) in [6.45, 7) is 3.88. The Hall–Kier alpha value is -2.28. The van der Waals surface area contributed by atoms with E-state index >= 15 is 0 Å². The summed E-state index contributed by atoms with van der Waals surface area (Å²) in [6, 6.07) is 11.9. The first kappa shape index (κ1) is 20.5. The number of halogens is 3. The van der Waals surface area contributed by atoms with Crippen molar-refractivity contribution in [3.05, 3.63) is 79.5 Å². The largest absolute Gasteiger partial charge is 0.507 e. The van der Waals surface area contributed by atoms with Crippen LogP contribution in [0.4, 0.5) is 0 Å². The Labute approximate surface area is 180 Å². The molecule has 2 aromatic carbocycles. The number of hydrogen-bond donors (Lipinski definition) is 2. The van der Waals surface area contributed by atoms with Gasteiger partial charge in [0.05, 0.1) is 22.5 Å². The van der Waals surface area contributed by atoms with E-state index in [2.05, 4.69) is 26.5 Å². The highest BCUT2D eigenvalue weighted by atomic mass is 79.9. The Kier molecular flexibility index (Phi) is 6.13. The topological polar surface area (TPSA) is 66.6 Å². The van der Waals surface area contributed by atoms with Crippen LogP contribution in [-0.4, -0.2) is 21.8 Å². The van der Waals surface area contributed by atoms with Gasteiger partial charge < -0.3 is 9.67 Å². The smallest absolute Gasteiger partial charge is 0.275 e. The molecule has 0 aliphatic heterocycles. The van der Waals surface area contributed by atoms with Crippen LogP contribution < -0.4 is 5.43 Å². The SMILES string of the molecule is Cc1cc(/C=N/NC(=O)c2cc(Br)ccc2O)c(C)n1-c1ccc(Cl)cc1Cl. The van der Waals surface area contributed by atoms with E-state index in [9.17, 15) is 9.90 Å². The van der Waals surface area contributed by atoms with Crippen molar-refractivity contribution in [2.45, 2.75) is 13.8 Å². The molecule has 0 aliphatic rings. The van der Waals surface area contributed by atoms with Crippen molar-refractivity contribution in [1.29, 1.82) is 0 Å². The van der Waals surface area contributed by atoms with E-state index in [4.69, 9.17) is 23.2 Å². The molecule has 5 nitrogen and oxygen atoms in total. The van der Waals surface area contributed by atoms with Crippen molar-refractivity contribution in [2.24, 2.45) is 5.10 Å². The maximum Gasteiger partial charge on any atom is 0.275 e. The van der Waals surface area contributed by atoms with Crippen LogP contribution in [-0.2, 0) is 0 Å². The van der Waals surface area contributed by atoms with Crippen LogP contribution in [0.3, 0.4) is 0 Å². The number of aryl methyl sites for hydroxylation is 1. The number of hydrogen-bond acceptors (Lipinski definition) is 3. The van der Waals surface area contributed by atoms with Crippen molar-refractivity contribution in [2.75, 3.05) is 0 Å². The fraction of sp³-hybridized carbons (Fsp3) is 0.100. The summed E-state index contributed by atoms with van der Waals surface area (Å²) >= 11 is 15.6. The van der Waals surface area contributed by atoms with E-state index in [1.165, 1.54) is 12.1 Å². The number of amides is 1. The summed E-state index contributed by atoms with van der Waals surface area (Å²) in [5, 5.41) is 14.9. The molecular formula is C20H16BrCl2N3O2. The lowest BCUT2D eigenvalue weighted by Gasteiger charge is -2.11. The first-order chi connectivity index (χ1) is 13.3. The molecule has 28 heavy (non-hydrogen) atoms. The summed E-state index contributed by atoms with van der Waals surface area (Å²) < 4.78 is 2.67. The van der Waals surface area contributed by atoms with Gasteiger partial charge in [0.25, 0.3) is 5.91 Å². The lowest BCUT2D eigenvalue weighted by atomic mass is 10.2. The monoisotopic (exact) mass is 479 g/mol. The van der Waals surface area contributed by atoms with Crippen LogP contribution in [0.1, 0.15) is 27.3 Å². The van der Waals surface area contributed by atoms with Crippen LogP contribution in [0.15, 0.2) is 52.0 Å². The third-order valence-corrected chi connectivity index (χ3v) is 5.22. The lowest BCUT2D eigenvalue weighted by Crippen LogP contribution is -2.17. The molecular weight excluding hydrogens is 465 g/mol. The fourth-order valence-electron chi connectivity index (χ4n) is 2.86. The van der Waals surface area contributed by atoms with Gasteiger partial charge in [-0.3, -0.25) is 4.79 Å². The Morgan fingerprint density at radius 1 is 1.18 bits per heavy atom. The lowest BCUT2D eigenvalue weighted by molar-refractivity contribution is 0.0952. The number of rotatable bonds is 4. The van der Waals surface area contributed by atoms with Gasteiger partial charge in [-0.25, -0.2) is 5.43 Å². The van der Waals surface area contributed by atoms with Gasteiger partial charge >= 0.3 is 0 Å². The maximum atomic E-state index is 12.2. The summed E-state index contributed by atoms with van der Waals surface area (Å²) in [4.78, 5) is 12.2. The van der Waals surface area contributed by atoms with E-state index < -0.39 is 5.91 Å². The minimum absolute atomic E-state index is 0.119. The van der Waals surface area contributed by atoms with Gasteiger partial charge in [0.1, 0.15) is 5.75 Å². The minimum atomic E-state index is -0.510. The second kappa shape index (κ2) is 8.39. The normalized spacial score (nSPS) is 11.2. The highest BCUT2D eigenvalue weighted by Gasteiger charge is 2.13. The molecule has 0 spiro atoms. The fourth-order valence-corrected chi connectivity index (χ4v) is 3.72. The van der Waals surface area contributed by atoms with Gasteiger partial charge in [0.15, 0.2) is 0 Å². The molecule has 8 heteroatoms. The first-order valence-corrected chi connectivity index (χ1v) is 9.79. The molecule has 1 aromatic heterocycles. The molecule has 1 heterocycles. The Morgan fingerprint density at radius 2 is 1.93 bits per heavy atom. The Bertz CT molecular complexity index is 1090. The van der Waals surface area contributed by atoms with E-state index in [1.807, 2.05) is 30.5 Å². The van der Waals surface area contributed by atoms with Crippen LogP contribution in [0, 0.1) is 13.8 Å². The zero-order valence-electron chi connectivity index (χ0n) is 15.0. The molecule has 1 amide bonds. The zero-order valence-corrected chi connectivity index (χ0v) is 18.1. The van der Waals surface area contributed by atoms with Gasteiger partial charge in [-0.15, -0.1) is 0 Å². The molecule has 0 fully saturated rings. The zero-order chi connectivity index (χ0) is 20.4. The van der Waals surface area contributed by atoms with E-state index in [0.717, 1.165) is 22.6 Å². The van der Waals surface area contributed by atoms with E-state index in [0.29, 0.717) is 14.5 Å². The molecule has 0 saturated carbocycles. The molecule has 0 atom stereocenters. The number of carbonyl (C=O) groups excluding carboxylic acids is 1. The third-order valence-electron chi connectivity index (χ3n) is 4.19. The second-order valence-electron chi connectivity index (χ2n) is 6.12. The molecule has 144 valence electrons. The van der Waals surface area contributed by atoms with Gasteiger partial charge in [0.2, 0.25) is 0 Å². The predicted molar refractivity (Wildman–Crippen MR) is 116 cm³/mol. The van der Waals surface area contributed by atoms with Crippen molar-refractivity contribution >= 4 is 51.3 Å². The molecule has 0 unspecified atom stereocenters. The van der Waals surface area contributed by atoms with Crippen molar-refractivity contribution in [1.82, 2.24) is 9.99 Å². The molecule has 3 rings (SSSR count). The predicted octanol–water partition coefficient (Wildman–Crippen LogP) is 5.63. The summed E-state index contributed by atoms with van der Waals surface area (Å²) in [5.41, 5.74) is 6.05. The van der Waals surface area contributed by atoms with Gasteiger partial charge in [-0.05, 0) is 56.3 Å². The van der Waals surface area contributed by atoms with E-state index in [1.54, 1.807) is 24.4 Å². The summed E-state index contributed by atoms with van der Waals surface area (Å²) in [7, 11) is 0. The average Bonchev–Trinajstić information content (AvgIpc) is 2.91. The van der Waals surface area contributed by atoms with Crippen LogP contribution in [0.25, 0.3) is 5.69 Å². The number of aromatic hydroxyl groups is 1. The quantitative estimate of drug-likeness (QED) is 0.375. The number of carbonyl (C=O) groups is 1.